The third-order valence-electron chi connectivity index (χ3n) is 7.05. The first-order valence-electron chi connectivity index (χ1n) is 12.9. The molecule has 1 N–H and O–H groups in total. The highest BCUT2D eigenvalue weighted by Gasteiger charge is 2.64. The van der Waals surface area contributed by atoms with E-state index in [0.29, 0.717) is 13.2 Å². The van der Waals surface area contributed by atoms with Crippen molar-refractivity contribution in [3.63, 3.8) is 0 Å². The van der Waals surface area contributed by atoms with E-state index in [2.05, 4.69) is 60.3 Å². The maximum absolute atomic E-state index is 12.7. The Morgan fingerprint density at radius 2 is 1.95 bits per heavy atom. The summed E-state index contributed by atoms with van der Waals surface area (Å²) in [5.74, 6) is 0. The Balaban J connectivity index is 1.66. The number of H-pyrrole nitrogens is 1. The minimum absolute atomic E-state index is 0.139. The van der Waals surface area contributed by atoms with Gasteiger partial charge in [-0.05, 0) is 34.7 Å². The molecule has 4 rings (SSSR count). The first-order chi connectivity index (χ1) is 17.6. The fourth-order valence-electron chi connectivity index (χ4n) is 5.29. The smallest absolute Gasteiger partial charge is 0.330 e. The number of fused-ring (bicyclic) bond motifs is 2. The predicted octanol–water partition coefficient (Wildman–Crippen LogP) is 1.11. The van der Waals surface area contributed by atoms with Gasteiger partial charge >= 0.3 is 5.69 Å². The van der Waals surface area contributed by atoms with Gasteiger partial charge in [-0.2, -0.15) is 5.26 Å². The van der Waals surface area contributed by atoms with Gasteiger partial charge in [0.2, 0.25) is 0 Å². The Bertz CT molecular complexity index is 1060. The molecule has 3 aliphatic rings. The highest BCUT2D eigenvalue weighted by Crippen LogP contribution is 2.55. The number of nitrogens with one attached hydrogen (secondary N) is 1. The molecule has 0 saturated carbocycles. The average Bonchev–Trinajstić information content (AvgIpc) is 3.31. The Morgan fingerprint density at radius 3 is 2.57 bits per heavy atom. The van der Waals surface area contributed by atoms with E-state index < -0.39 is 43.8 Å². The van der Waals surface area contributed by atoms with Gasteiger partial charge in [0, 0.05) is 57.1 Å². The van der Waals surface area contributed by atoms with Crippen LogP contribution in [-0.2, 0) is 18.5 Å². The summed E-state index contributed by atoms with van der Waals surface area (Å²) in [6.07, 6.45) is -0.129. The number of aromatic amines is 1. The lowest BCUT2D eigenvalue weighted by Crippen LogP contribution is -2.55. The maximum Gasteiger partial charge on any atom is 0.330 e. The summed E-state index contributed by atoms with van der Waals surface area (Å²) >= 11 is 0. The third-order valence-corrected chi connectivity index (χ3v) is 9.16. The number of likely N-dealkylation sites (N-methyl/N-ethyl adjacent to an activating group) is 1. The van der Waals surface area contributed by atoms with Gasteiger partial charge in [-0.1, -0.05) is 0 Å². The molecule has 3 fully saturated rings. The summed E-state index contributed by atoms with van der Waals surface area (Å²) in [5.41, 5.74) is -1.84. The molecule has 0 aliphatic carbocycles. The molecule has 206 valence electrons. The minimum Gasteiger partial charge on any atom is -0.367 e. The molecule has 12 nitrogen and oxygen atoms in total. The van der Waals surface area contributed by atoms with Crippen molar-refractivity contribution in [1.29, 1.82) is 5.26 Å². The van der Waals surface area contributed by atoms with Crippen molar-refractivity contribution in [1.82, 2.24) is 24.0 Å². The molecule has 3 aliphatic heterocycles. The van der Waals surface area contributed by atoms with Crippen LogP contribution in [0.5, 0.6) is 0 Å². The van der Waals surface area contributed by atoms with Gasteiger partial charge in [0.25, 0.3) is 14.1 Å². The summed E-state index contributed by atoms with van der Waals surface area (Å²) in [6.45, 7) is 13.2. The van der Waals surface area contributed by atoms with E-state index in [4.69, 9.17) is 23.8 Å². The molecule has 13 heteroatoms. The summed E-state index contributed by atoms with van der Waals surface area (Å²) in [7, 11) is 0.559. The number of nitrogens with zero attached hydrogens (tertiary/aromatic N) is 5. The minimum atomic E-state index is -1.55. The van der Waals surface area contributed by atoms with Gasteiger partial charge in [0.05, 0.1) is 25.7 Å². The Labute approximate surface area is 219 Å². The molecule has 1 aromatic heterocycles. The second kappa shape index (κ2) is 12.0. The van der Waals surface area contributed by atoms with Crippen molar-refractivity contribution in [3.8, 4) is 6.07 Å². The van der Waals surface area contributed by atoms with Crippen molar-refractivity contribution >= 4 is 8.53 Å². The molecule has 4 heterocycles. The predicted molar refractivity (Wildman–Crippen MR) is 138 cm³/mol. The quantitative estimate of drug-likeness (QED) is 0.324. The van der Waals surface area contributed by atoms with Crippen LogP contribution in [0.2, 0.25) is 0 Å². The molecule has 3 unspecified atom stereocenters. The molecule has 37 heavy (non-hydrogen) atoms. The lowest BCUT2D eigenvalue weighted by atomic mass is 9.98. The van der Waals surface area contributed by atoms with Gasteiger partial charge in [0.15, 0.2) is 6.23 Å². The Hall–Kier alpha value is -1.68. The lowest BCUT2D eigenvalue weighted by molar-refractivity contribution is -0.182. The second-order valence-electron chi connectivity index (χ2n) is 10.5. The fourth-order valence-corrected chi connectivity index (χ4v) is 7.11. The average molecular weight is 539 g/mol. The molecule has 1 aromatic rings. The first-order valence-corrected chi connectivity index (χ1v) is 14.0. The third kappa shape index (κ3) is 6.15. The van der Waals surface area contributed by atoms with Crippen molar-refractivity contribution in [2.24, 2.45) is 0 Å². The standard InChI is InChI=1S/C24H39N6O6P/c1-17(2)30(18(3)4)37(34-14-6-8-25)36-21-20-22(29-9-7-19(31)26-23(29)32)35-24(21,16-33-20)15-28-12-10-27(5)11-13-28/h7,9,17-18,20-22H,6,10-16H2,1-5H3,(H,26,31,32)/t20?,21?,22-,24+,37?/m1/s1. The number of nitriles is 1. The highest BCUT2D eigenvalue weighted by molar-refractivity contribution is 7.44. The van der Waals surface area contributed by atoms with Crippen LogP contribution in [0.3, 0.4) is 0 Å². The van der Waals surface area contributed by atoms with E-state index in [1.54, 1.807) is 0 Å². The van der Waals surface area contributed by atoms with E-state index in [0.717, 1.165) is 26.2 Å². The molecule has 0 aromatic carbocycles. The largest absolute Gasteiger partial charge is 0.367 e. The van der Waals surface area contributed by atoms with Gasteiger partial charge in [0.1, 0.15) is 17.8 Å². The van der Waals surface area contributed by atoms with Crippen molar-refractivity contribution in [2.75, 3.05) is 53.0 Å². The lowest BCUT2D eigenvalue weighted by Gasteiger charge is -2.41. The normalized spacial score (nSPS) is 29.4. The molecular weight excluding hydrogens is 499 g/mol. The van der Waals surface area contributed by atoms with Crippen LogP contribution in [0, 0.1) is 11.3 Å². The zero-order chi connectivity index (χ0) is 26.7. The zero-order valence-corrected chi connectivity index (χ0v) is 23.2. The van der Waals surface area contributed by atoms with E-state index in [1.807, 2.05) is 0 Å². The highest BCUT2D eigenvalue weighted by atomic mass is 31.2. The fraction of sp³-hybridized carbons (Fsp3) is 0.792. The molecule has 0 spiro atoms. The summed E-state index contributed by atoms with van der Waals surface area (Å²) in [6, 6.07) is 3.71. The SMILES string of the molecule is CC(C)N(C(C)C)P(OCCC#N)OC1C2OC[C@]1(CN1CCN(C)CC1)O[C@H]2n1ccc(=O)[nH]c1=O. The summed E-state index contributed by atoms with van der Waals surface area (Å²) in [4.78, 5) is 31.3. The number of ether oxygens (including phenoxy) is 2. The van der Waals surface area contributed by atoms with Crippen molar-refractivity contribution in [2.45, 2.75) is 70.2 Å². The van der Waals surface area contributed by atoms with E-state index >= 15 is 0 Å². The second-order valence-corrected chi connectivity index (χ2v) is 11.9. The monoisotopic (exact) mass is 538 g/mol. The van der Waals surface area contributed by atoms with E-state index in [1.165, 1.54) is 16.8 Å². The number of hydrogen-bond acceptors (Lipinski definition) is 10. The van der Waals surface area contributed by atoms with Gasteiger partial charge in [-0.3, -0.25) is 19.2 Å². The number of piperazine rings is 1. The van der Waals surface area contributed by atoms with E-state index in [9.17, 15) is 9.59 Å². The summed E-state index contributed by atoms with van der Waals surface area (Å²) in [5, 5.41) is 9.08. The van der Waals surface area contributed by atoms with Crippen LogP contribution in [0.4, 0.5) is 0 Å². The van der Waals surface area contributed by atoms with Gasteiger partial charge < -0.3 is 23.4 Å². The van der Waals surface area contributed by atoms with Gasteiger partial charge in [-0.25, -0.2) is 9.46 Å². The van der Waals surface area contributed by atoms with Crippen molar-refractivity contribution < 1.29 is 18.5 Å². The van der Waals surface area contributed by atoms with E-state index in [-0.39, 0.29) is 25.1 Å². The Morgan fingerprint density at radius 1 is 1.24 bits per heavy atom. The molecule has 3 saturated heterocycles. The van der Waals surface area contributed by atoms with Crippen LogP contribution in [-0.4, -0.2) is 107 Å². The number of aromatic nitrogens is 2. The molecule has 0 amide bonds. The van der Waals surface area contributed by atoms with Crippen LogP contribution in [0.1, 0.15) is 40.3 Å². The van der Waals surface area contributed by atoms with Crippen LogP contribution >= 0.6 is 8.53 Å². The van der Waals surface area contributed by atoms with Crippen LogP contribution in [0.25, 0.3) is 0 Å². The van der Waals surface area contributed by atoms with Crippen LogP contribution in [0.15, 0.2) is 21.9 Å². The Kier molecular flexibility index (Phi) is 9.20. The number of hydrogen-bond donors (Lipinski definition) is 1. The molecule has 0 radical (unpaired) electrons. The zero-order valence-electron chi connectivity index (χ0n) is 22.3. The topological polar surface area (TPSA) is 125 Å². The van der Waals surface area contributed by atoms with Gasteiger partial charge in [-0.15, -0.1) is 0 Å². The molecule has 5 atom stereocenters. The molecular formula is C24H39N6O6P. The summed E-state index contributed by atoms with van der Waals surface area (Å²) < 4.78 is 29.4. The molecule has 2 bridgehead atoms. The van der Waals surface area contributed by atoms with Crippen molar-refractivity contribution in [3.05, 3.63) is 33.1 Å². The maximum atomic E-state index is 12.7. The van der Waals surface area contributed by atoms with Crippen LogP contribution < -0.4 is 11.2 Å². The number of rotatable bonds is 11. The first kappa shape index (κ1) is 28.3.